The fourth-order valence-corrected chi connectivity index (χ4v) is 2.72. The molecule has 0 saturated carbocycles. The highest BCUT2D eigenvalue weighted by Gasteiger charge is 2.30. The summed E-state index contributed by atoms with van der Waals surface area (Å²) >= 11 is 0. The highest BCUT2D eigenvalue weighted by atomic mass is 32.2. The molecule has 0 unspecified atom stereocenters. The van der Waals surface area contributed by atoms with E-state index in [1.54, 1.807) is 6.92 Å². The zero-order valence-electron chi connectivity index (χ0n) is 10.8. The van der Waals surface area contributed by atoms with Crippen molar-refractivity contribution in [2.24, 2.45) is 0 Å². The summed E-state index contributed by atoms with van der Waals surface area (Å²) in [6.45, 7) is 1.57. The van der Waals surface area contributed by atoms with E-state index in [2.05, 4.69) is 0 Å². The number of para-hydroxylation sites is 1. The Morgan fingerprint density at radius 3 is 2.45 bits per heavy atom. The van der Waals surface area contributed by atoms with Crippen LogP contribution in [0.15, 0.2) is 29.2 Å². The minimum Gasteiger partial charge on any atom is -0.480 e. The quantitative estimate of drug-likeness (QED) is 0.834. The minimum absolute atomic E-state index is 0.0166. The summed E-state index contributed by atoms with van der Waals surface area (Å²) < 4.78 is 48.6. The Morgan fingerprint density at radius 2 is 1.95 bits per heavy atom. The van der Waals surface area contributed by atoms with Crippen LogP contribution in [0.1, 0.15) is 13.3 Å². The molecule has 0 aromatic heterocycles. The Morgan fingerprint density at radius 1 is 1.35 bits per heavy atom. The summed E-state index contributed by atoms with van der Waals surface area (Å²) in [6.07, 6.45) is 0.552. The zero-order valence-corrected chi connectivity index (χ0v) is 11.6. The second-order valence-corrected chi connectivity index (χ2v) is 5.97. The SMILES string of the molecule is CCCN(CC(=O)O)c1ccccc1S(=O)(=O)C(F)F. The van der Waals surface area contributed by atoms with Crippen LogP contribution in [0.3, 0.4) is 0 Å². The summed E-state index contributed by atoms with van der Waals surface area (Å²) in [5.41, 5.74) is -0.0166. The highest BCUT2D eigenvalue weighted by molar-refractivity contribution is 7.91. The van der Waals surface area contributed by atoms with Crippen LogP contribution in [0.5, 0.6) is 0 Å². The van der Waals surface area contributed by atoms with Crippen molar-refractivity contribution in [3.63, 3.8) is 0 Å². The number of benzene rings is 1. The molecule has 0 spiro atoms. The molecule has 8 heteroatoms. The Hall–Kier alpha value is -1.70. The number of hydrogen-bond donors (Lipinski definition) is 1. The third-order valence-electron chi connectivity index (χ3n) is 2.57. The maximum absolute atomic E-state index is 12.7. The average molecular weight is 307 g/mol. The van der Waals surface area contributed by atoms with Crippen molar-refractivity contribution in [2.45, 2.75) is 24.0 Å². The second-order valence-electron chi connectivity index (χ2n) is 4.09. The molecular formula is C12H15F2NO4S. The second kappa shape index (κ2) is 6.65. The van der Waals surface area contributed by atoms with Gasteiger partial charge in [-0.2, -0.15) is 8.78 Å². The molecule has 112 valence electrons. The van der Waals surface area contributed by atoms with Crippen molar-refractivity contribution < 1.29 is 27.1 Å². The molecule has 1 N–H and O–H groups in total. The molecule has 0 aliphatic carbocycles. The van der Waals surface area contributed by atoms with Crippen molar-refractivity contribution in [3.05, 3.63) is 24.3 Å². The number of alkyl halides is 2. The number of sulfone groups is 1. The first-order valence-electron chi connectivity index (χ1n) is 5.88. The summed E-state index contributed by atoms with van der Waals surface area (Å²) in [5.74, 6) is -4.71. The van der Waals surface area contributed by atoms with E-state index in [0.717, 1.165) is 6.07 Å². The number of rotatable bonds is 7. The molecule has 20 heavy (non-hydrogen) atoms. The van der Waals surface area contributed by atoms with E-state index in [1.807, 2.05) is 0 Å². The molecule has 5 nitrogen and oxygen atoms in total. The van der Waals surface area contributed by atoms with E-state index >= 15 is 0 Å². The smallest absolute Gasteiger partial charge is 0.341 e. The molecule has 0 fully saturated rings. The minimum atomic E-state index is -4.77. The predicted octanol–water partition coefficient (Wildman–Crippen LogP) is 1.98. The number of aliphatic carboxylic acids is 1. The molecule has 0 saturated heterocycles. The number of anilines is 1. The van der Waals surface area contributed by atoms with Gasteiger partial charge in [-0.1, -0.05) is 19.1 Å². The fourth-order valence-electron chi connectivity index (χ4n) is 1.77. The summed E-state index contributed by atoms with van der Waals surface area (Å²) in [6, 6.07) is 5.18. The van der Waals surface area contributed by atoms with Gasteiger partial charge in [-0.3, -0.25) is 4.79 Å². The van der Waals surface area contributed by atoms with Gasteiger partial charge in [0.1, 0.15) is 6.54 Å². The van der Waals surface area contributed by atoms with Crippen molar-refractivity contribution in [1.82, 2.24) is 0 Å². The van der Waals surface area contributed by atoms with E-state index in [9.17, 15) is 22.0 Å². The molecule has 0 radical (unpaired) electrons. The number of carbonyl (C=O) groups is 1. The normalized spacial score (nSPS) is 11.6. The van der Waals surface area contributed by atoms with E-state index < -0.39 is 33.0 Å². The first-order chi connectivity index (χ1) is 9.30. The van der Waals surface area contributed by atoms with Gasteiger partial charge in [-0.05, 0) is 18.6 Å². The number of carboxylic acid groups (broad SMARTS) is 1. The van der Waals surface area contributed by atoms with E-state index in [-0.39, 0.29) is 12.2 Å². The van der Waals surface area contributed by atoms with Gasteiger partial charge in [0.2, 0.25) is 9.84 Å². The lowest BCUT2D eigenvalue weighted by atomic mass is 10.2. The van der Waals surface area contributed by atoms with Gasteiger partial charge in [-0.15, -0.1) is 0 Å². The topological polar surface area (TPSA) is 74.7 Å². The number of halogens is 2. The average Bonchev–Trinajstić information content (AvgIpc) is 2.37. The number of hydrogen-bond acceptors (Lipinski definition) is 4. The maximum atomic E-state index is 12.7. The van der Waals surface area contributed by atoms with Crippen molar-refractivity contribution in [2.75, 3.05) is 18.0 Å². The summed E-state index contributed by atoms with van der Waals surface area (Å²) in [4.78, 5) is 11.5. The molecule has 0 atom stereocenters. The van der Waals surface area contributed by atoms with Crippen LogP contribution in [-0.2, 0) is 14.6 Å². The Bertz CT molecular complexity index is 575. The summed E-state index contributed by atoms with van der Waals surface area (Å²) in [5, 5.41) is 8.84. The molecule has 1 aromatic rings. The van der Waals surface area contributed by atoms with Crippen LogP contribution in [0.2, 0.25) is 0 Å². The van der Waals surface area contributed by atoms with Crippen LogP contribution in [0.25, 0.3) is 0 Å². The molecule has 0 aliphatic heterocycles. The highest BCUT2D eigenvalue weighted by Crippen LogP contribution is 2.29. The molecule has 0 amide bonds. The lowest BCUT2D eigenvalue weighted by molar-refractivity contribution is -0.135. The summed E-state index contributed by atoms with van der Waals surface area (Å²) in [7, 11) is -4.77. The molecular weight excluding hydrogens is 292 g/mol. The van der Waals surface area contributed by atoms with Crippen LogP contribution >= 0.6 is 0 Å². The van der Waals surface area contributed by atoms with Crippen molar-refractivity contribution >= 4 is 21.5 Å². The lowest BCUT2D eigenvalue weighted by Gasteiger charge is -2.24. The van der Waals surface area contributed by atoms with Gasteiger partial charge < -0.3 is 10.0 Å². The van der Waals surface area contributed by atoms with E-state index in [1.165, 1.54) is 23.1 Å². The van der Waals surface area contributed by atoms with Crippen LogP contribution in [0.4, 0.5) is 14.5 Å². The Balaban J connectivity index is 3.33. The van der Waals surface area contributed by atoms with Crippen LogP contribution in [0, 0.1) is 0 Å². The standard InChI is InChI=1S/C12H15F2NO4S/c1-2-7-15(8-11(16)17)9-5-3-4-6-10(9)20(18,19)12(13)14/h3-6,12H,2,7-8H2,1H3,(H,16,17). The van der Waals surface area contributed by atoms with Gasteiger partial charge in [-0.25, -0.2) is 8.42 Å². The van der Waals surface area contributed by atoms with Gasteiger partial charge in [0, 0.05) is 6.54 Å². The van der Waals surface area contributed by atoms with Crippen molar-refractivity contribution in [1.29, 1.82) is 0 Å². The molecule has 0 aliphatic rings. The van der Waals surface area contributed by atoms with Crippen LogP contribution < -0.4 is 4.90 Å². The number of carboxylic acids is 1. The molecule has 0 bridgehead atoms. The van der Waals surface area contributed by atoms with Gasteiger partial charge in [0.25, 0.3) is 0 Å². The first-order valence-corrected chi connectivity index (χ1v) is 7.43. The Kier molecular flexibility index (Phi) is 5.43. The van der Waals surface area contributed by atoms with E-state index in [0.29, 0.717) is 6.42 Å². The number of nitrogens with zero attached hydrogens (tertiary/aromatic N) is 1. The molecule has 1 rings (SSSR count). The van der Waals surface area contributed by atoms with Crippen molar-refractivity contribution in [3.8, 4) is 0 Å². The lowest BCUT2D eigenvalue weighted by Crippen LogP contribution is -2.32. The van der Waals surface area contributed by atoms with Gasteiger partial charge in [0.05, 0.1) is 10.6 Å². The third kappa shape index (κ3) is 3.66. The maximum Gasteiger partial charge on any atom is 0.341 e. The first kappa shape index (κ1) is 16.4. The third-order valence-corrected chi connectivity index (χ3v) is 3.99. The fraction of sp³-hybridized carbons (Fsp3) is 0.417. The molecule has 0 heterocycles. The Labute approximate surface area is 115 Å². The molecule has 1 aromatic carbocycles. The predicted molar refractivity (Wildman–Crippen MR) is 69.8 cm³/mol. The van der Waals surface area contributed by atoms with Gasteiger partial charge in [0.15, 0.2) is 0 Å². The largest absolute Gasteiger partial charge is 0.480 e. The van der Waals surface area contributed by atoms with Gasteiger partial charge >= 0.3 is 11.7 Å². The van der Waals surface area contributed by atoms with Crippen LogP contribution in [-0.4, -0.2) is 38.3 Å². The monoisotopic (exact) mass is 307 g/mol. The zero-order chi connectivity index (χ0) is 15.3. The van der Waals surface area contributed by atoms with E-state index in [4.69, 9.17) is 5.11 Å².